The standard InChI is InChI=1S/C15H19F3N2S/c1-10(2)13-7-8-21-14(20-13)19-9-11-3-5-12(6-4-11)15(16,17)18/h3-6,10,13H,7-9H2,1-2H3,(H,19,20). The molecule has 116 valence electrons. The molecule has 0 radical (unpaired) electrons. The number of nitrogens with zero attached hydrogens (tertiary/aromatic N) is 1. The summed E-state index contributed by atoms with van der Waals surface area (Å²) in [7, 11) is 0. The van der Waals surface area contributed by atoms with Crippen LogP contribution in [0.4, 0.5) is 13.2 Å². The van der Waals surface area contributed by atoms with Crippen molar-refractivity contribution in [2.24, 2.45) is 10.9 Å². The molecule has 1 N–H and O–H groups in total. The van der Waals surface area contributed by atoms with Crippen LogP contribution in [0.25, 0.3) is 0 Å². The minimum absolute atomic E-state index is 0.401. The van der Waals surface area contributed by atoms with E-state index in [0.717, 1.165) is 35.0 Å². The smallest absolute Gasteiger partial charge is 0.362 e. The van der Waals surface area contributed by atoms with Gasteiger partial charge in [0, 0.05) is 11.8 Å². The number of hydrogen-bond acceptors (Lipinski definition) is 2. The highest BCUT2D eigenvalue weighted by Crippen LogP contribution is 2.29. The minimum atomic E-state index is -4.28. The molecule has 0 saturated carbocycles. The Morgan fingerprint density at radius 1 is 1.29 bits per heavy atom. The Labute approximate surface area is 127 Å². The molecule has 1 aromatic rings. The third kappa shape index (κ3) is 4.66. The predicted octanol–water partition coefficient (Wildman–Crippen LogP) is 4.31. The van der Waals surface area contributed by atoms with Crippen LogP contribution in [-0.4, -0.2) is 17.0 Å². The molecule has 0 aromatic heterocycles. The van der Waals surface area contributed by atoms with Crippen LogP contribution in [0, 0.1) is 5.92 Å². The summed E-state index contributed by atoms with van der Waals surface area (Å²) in [6.07, 6.45) is -3.17. The van der Waals surface area contributed by atoms with Gasteiger partial charge >= 0.3 is 6.18 Å². The van der Waals surface area contributed by atoms with Crippen molar-refractivity contribution in [3.63, 3.8) is 0 Å². The van der Waals surface area contributed by atoms with Crippen LogP contribution in [0.5, 0.6) is 0 Å². The summed E-state index contributed by atoms with van der Waals surface area (Å²) in [5.74, 6) is 1.57. The molecule has 1 fully saturated rings. The van der Waals surface area contributed by atoms with Crippen molar-refractivity contribution in [2.45, 2.75) is 39.0 Å². The number of nitrogens with one attached hydrogen (secondary N) is 1. The second kappa shape index (κ2) is 6.73. The molecule has 1 aliphatic heterocycles. The summed E-state index contributed by atoms with van der Waals surface area (Å²) in [5, 5.41) is 4.28. The zero-order chi connectivity index (χ0) is 15.5. The molecule has 1 atom stereocenters. The van der Waals surface area contributed by atoms with Gasteiger partial charge in [0.2, 0.25) is 0 Å². The van der Waals surface area contributed by atoms with E-state index in [-0.39, 0.29) is 0 Å². The fourth-order valence-corrected chi connectivity index (χ4v) is 3.06. The van der Waals surface area contributed by atoms with Crippen molar-refractivity contribution in [1.29, 1.82) is 0 Å². The highest BCUT2D eigenvalue weighted by atomic mass is 32.2. The number of amidine groups is 1. The lowest BCUT2D eigenvalue weighted by Crippen LogP contribution is -2.41. The Bertz CT molecular complexity index is 495. The Balaban J connectivity index is 1.97. The highest BCUT2D eigenvalue weighted by Gasteiger charge is 2.29. The topological polar surface area (TPSA) is 24.4 Å². The van der Waals surface area contributed by atoms with E-state index in [1.807, 2.05) is 0 Å². The van der Waals surface area contributed by atoms with E-state index in [1.165, 1.54) is 12.1 Å². The third-order valence-corrected chi connectivity index (χ3v) is 4.43. The number of benzene rings is 1. The molecule has 0 spiro atoms. The fraction of sp³-hybridized carbons (Fsp3) is 0.533. The Morgan fingerprint density at radius 2 is 1.95 bits per heavy atom. The quantitative estimate of drug-likeness (QED) is 0.898. The lowest BCUT2D eigenvalue weighted by atomic mass is 10.0. The van der Waals surface area contributed by atoms with Crippen LogP contribution in [0.15, 0.2) is 29.3 Å². The lowest BCUT2D eigenvalue weighted by molar-refractivity contribution is -0.137. The molecule has 1 aromatic carbocycles. The molecule has 21 heavy (non-hydrogen) atoms. The van der Waals surface area contributed by atoms with Crippen molar-refractivity contribution < 1.29 is 13.2 Å². The van der Waals surface area contributed by atoms with Crippen LogP contribution in [0.2, 0.25) is 0 Å². The van der Waals surface area contributed by atoms with Gasteiger partial charge in [0.1, 0.15) is 0 Å². The van der Waals surface area contributed by atoms with E-state index in [2.05, 4.69) is 24.2 Å². The lowest BCUT2D eigenvalue weighted by Gasteiger charge is -2.28. The Hall–Kier alpha value is -1.17. The summed E-state index contributed by atoms with van der Waals surface area (Å²) in [6, 6.07) is 5.61. The normalized spacial score (nSPS) is 21.6. The third-order valence-electron chi connectivity index (χ3n) is 3.47. The van der Waals surface area contributed by atoms with Gasteiger partial charge in [0.15, 0.2) is 5.17 Å². The average Bonchev–Trinajstić information content (AvgIpc) is 2.45. The largest absolute Gasteiger partial charge is 0.416 e. The van der Waals surface area contributed by atoms with Gasteiger partial charge in [0.05, 0.1) is 12.1 Å². The van der Waals surface area contributed by atoms with Gasteiger partial charge in [-0.1, -0.05) is 37.7 Å². The van der Waals surface area contributed by atoms with E-state index in [4.69, 9.17) is 0 Å². The molecular weight excluding hydrogens is 297 g/mol. The molecule has 0 amide bonds. The van der Waals surface area contributed by atoms with Gasteiger partial charge < -0.3 is 5.32 Å². The number of alkyl halides is 3. The fourth-order valence-electron chi connectivity index (χ4n) is 2.11. The van der Waals surface area contributed by atoms with E-state index in [1.54, 1.807) is 11.8 Å². The van der Waals surface area contributed by atoms with Crippen molar-refractivity contribution in [3.05, 3.63) is 35.4 Å². The first-order valence-corrected chi connectivity index (χ1v) is 7.95. The van der Waals surface area contributed by atoms with Crippen LogP contribution in [0.1, 0.15) is 31.4 Å². The molecule has 2 rings (SSSR count). The molecule has 1 aliphatic rings. The number of halogens is 3. The number of aliphatic imine (C=N–C) groups is 1. The second-order valence-electron chi connectivity index (χ2n) is 5.45. The van der Waals surface area contributed by atoms with E-state index in [9.17, 15) is 13.2 Å². The van der Waals surface area contributed by atoms with Crippen LogP contribution in [0.3, 0.4) is 0 Å². The van der Waals surface area contributed by atoms with Gasteiger partial charge in [-0.2, -0.15) is 13.2 Å². The van der Waals surface area contributed by atoms with Crippen LogP contribution in [-0.2, 0) is 12.7 Å². The van der Waals surface area contributed by atoms with E-state index < -0.39 is 11.7 Å². The van der Waals surface area contributed by atoms with Crippen LogP contribution < -0.4 is 5.32 Å². The summed E-state index contributed by atoms with van der Waals surface area (Å²) in [4.78, 5) is 4.47. The predicted molar refractivity (Wildman–Crippen MR) is 81.4 cm³/mol. The van der Waals surface area contributed by atoms with E-state index >= 15 is 0 Å². The second-order valence-corrected chi connectivity index (χ2v) is 6.53. The van der Waals surface area contributed by atoms with Crippen molar-refractivity contribution in [2.75, 3.05) is 5.75 Å². The van der Waals surface area contributed by atoms with Gasteiger partial charge in [-0.25, -0.2) is 0 Å². The zero-order valence-corrected chi connectivity index (χ0v) is 12.9. The zero-order valence-electron chi connectivity index (χ0n) is 12.1. The molecular formula is C15H19F3N2S. The first kappa shape index (κ1) is 16.2. The molecule has 1 heterocycles. The van der Waals surface area contributed by atoms with Crippen molar-refractivity contribution in [3.8, 4) is 0 Å². The highest BCUT2D eigenvalue weighted by molar-refractivity contribution is 8.13. The molecule has 1 saturated heterocycles. The summed E-state index contributed by atoms with van der Waals surface area (Å²) >= 11 is 1.67. The number of rotatable bonds is 3. The Morgan fingerprint density at radius 3 is 2.52 bits per heavy atom. The summed E-state index contributed by atoms with van der Waals surface area (Å²) in [6.45, 7) is 4.74. The van der Waals surface area contributed by atoms with Gasteiger partial charge in [-0.3, -0.25) is 4.99 Å². The minimum Gasteiger partial charge on any atom is -0.362 e. The average molecular weight is 316 g/mol. The molecule has 2 nitrogen and oxygen atoms in total. The van der Waals surface area contributed by atoms with Crippen molar-refractivity contribution >= 4 is 16.9 Å². The maximum absolute atomic E-state index is 12.5. The number of hydrogen-bond donors (Lipinski definition) is 1. The first-order valence-electron chi connectivity index (χ1n) is 6.96. The molecule has 1 unspecified atom stereocenters. The molecule has 6 heteroatoms. The maximum Gasteiger partial charge on any atom is 0.416 e. The Kier molecular flexibility index (Phi) is 5.19. The first-order chi connectivity index (χ1) is 9.86. The molecule has 0 aliphatic carbocycles. The van der Waals surface area contributed by atoms with Crippen molar-refractivity contribution in [1.82, 2.24) is 5.32 Å². The van der Waals surface area contributed by atoms with Gasteiger partial charge in [-0.05, 0) is 30.0 Å². The summed E-state index contributed by atoms with van der Waals surface area (Å²) < 4.78 is 37.4. The summed E-state index contributed by atoms with van der Waals surface area (Å²) in [5.41, 5.74) is 0.161. The maximum atomic E-state index is 12.5. The number of thioether (sulfide) groups is 1. The molecule has 0 bridgehead atoms. The van der Waals surface area contributed by atoms with Gasteiger partial charge in [-0.15, -0.1) is 0 Å². The van der Waals surface area contributed by atoms with E-state index in [0.29, 0.717) is 18.5 Å². The monoisotopic (exact) mass is 316 g/mol. The van der Waals surface area contributed by atoms with Crippen LogP contribution >= 0.6 is 11.8 Å². The SMILES string of the molecule is CC(C)C1CCSC(=NCc2ccc(C(F)(F)F)cc2)N1. The van der Waals surface area contributed by atoms with Gasteiger partial charge in [0.25, 0.3) is 0 Å².